The summed E-state index contributed by atoms with van der Waals surface area (Å²) in [7, 11) is 8.08. The van der Waals surface area contributed by atoms with Crippen molar-refractivity contribution >= 4 is 5.70 Å². The van der Waals surface area contributed by atoms with Crippen molar-refractivity contribution in [2.75, 3.05) is 35.5 Å². The number of methoxy groups -OCH3 is 5. The summed E-state index contributed by atoms with van der Waals surface area (Å²) >= 11 is 0. The second-order valence-corrected chi connectivity index (χ2v) is 8.08. The first-order valence-electron chi connectivity index (χ1n) is 11.2. The predicted octanol–water partition coefficient (Wildman–Crippen LogP) is 4.72. The first kappa shape index (κ1) is 22.7. The van der Waals surface area contributed by atoms with Crippen molar-refractivity contribution in [3.63, 3.8) is 0 Å². The summed E-state index contributed by atoms with van der Waals surface area (Å²) in [6.45, 7) is 0. The van der Waals surface area contributed by atoms with Crippen LogP contribution < -0.4 is 33.8 Å². The SMILES string of the molecule is COc1ccc(C2=CC3c4cccc(OC)c4OC(c4cc(OC)c(OC)c(OC)c4)N3N2)cc1. The molecule has 5 rings (SSSR count). The molecule has 0 saturated carbocycles. The molecule has 0 amide bonds. The molecule has 0 radical (unpaired) electrons. The monoisotopic (exact) mass is 476 g/mol. The zero-order valence-corrected chi connectivity index (χ0v) is 20.3. The van der Waals surface area contributed by atoms with Gasteiger partial charge in [0.25, 0.3) is 0 Å². The van der Waals surface area contributed by atoms with Crippen molar-refractivity contribution in [1.29, 1.82) is 0 Å². The van der Waals surface area contributed by atoms with Crippen LogP contribution in [-0.4, -0.2) is 40.6 Å². The van der Waals surface area contributed by atoms with E-state index in [9.17, 15) is 0 Å². The Bertz CT molecular complexity index is 1230. The summed E-state index contributed by atoms with van der Waals surface area (Å²) < 4.78 is 34.3. The van der Waals surface area contributed by atoms with Gasteiger partial charge in [-0.25, -0.2) is 0 Å². The summed E-state index contributed by atoms with van der Waals surface area (Å²) in [6.07, 6.45) is 1.68. The molecule has 2 atom stereocenters. The Hall–Kier alpha value is -4.04. The third kappa shape index (κ3) is 3.85. The highest BCUT2D eigenvalue weighted by molar-refractivity contribution is 5.68. The number of fused-ring (bicyclic) bond motifs is 3. The largest absolute Gasteiger partial charge is 0.497 e. The number of hydrazine groups is 1. The number of hydrogen-bond donors (Lipinski definition) is 1. The number of ether oxygens (including phenoxy) is 6. The average molecular weight is 477 g/mol. The highest BCUT2D eigenvalue weighted by Gasteiger charge is 2.42. The fourth-order valence-electron chi connectivity index (χ4n) is 4.55. The van der Waals surface area contributed by atoms with E-state index in [1.54, 1.807) is 35.5 Å². The van der Waals surface area contributed by atoms with Crippen LogP contribution in [-0.2, 0) is 0 Å². The minimum atomic E-state index is -0.510. The summed E-state index contributed by atoms with van der Waals surface area (Å²) in [5, 5.41) is 2.07. The maximum atomic E-state index is 6.58. The van der Waals surface area contributed by atoms with E-state index < -0.39 is 6.23 Å². The normalized spacial score (nSPS) is 18.4. The minimum absolute atomic E-state index is 0.102. The Balaban J connectivity index is 1.62. The highest BCUT2D eigenvalue weighted by Crippen LogP contribution is 2.51. The summed E-state index contributed by atoms with van der Waals surface area (Å²) in [5.41, 5.74) is 7.39. The summed E-state index contributed by atoms with van der Waals surface area (Å²) in [6, 6.07) is 17.6. The molecule has 3 aromatic carbocycles. The molecule has 182 valence electrons. The number of nitrogens with zero attached hydrogens (tertiary/aromatic N) is 1. The summed E-state index contributed by atoms with van der Waals surface area (Å²) in [4.78, 5) is 0. The number of benzene rings is 3. The van der Waals surface area contributed by atoms with Gasteiger partial charge in [-0.15, -0.1) is 0 Å². The van der Waals surface area contributed by atoms with Gasteiger partial charge in [-0.3, -0.25) is 0 Å². The molecule has 0 bridgehead atoms. The van der Waals surface area contributed by atoms with Crippen LogP contribution in [0.2, 0.25) is 0 Å². The van der Waals surface area contributed by atoms with Gasteiger partial charge in [0.2, 0.25) is 5.75 Å². The van der Waals surface area contributed by atoms with Gasteiger partial charge in [0.1, 0.15) is 5.75 Å². The standard InChI is InChI=1S/C27H28N2O6/c1-30-18-11-9-16(10-12-18)20-15-21-19-7-6-8-22(31-2)25(19)35-27(29(21)28-20)17-13-23(32-3)26(34-5)24(14-17)33-4/h6-15,21,27-28H,1-5H3. The van der Waals surface area contributed by atoms with Crippen molar-refractivity contribution in [2.24, 2.45) is 0 Å². The van der Waals surface area contributed by atoms with Gasteiger partial charge >= 0.3 is 0 Å². The smallest absolute Gasteiger partial charge is 0.203 e. The second kappa shape index (κ2) is 9.31. The van der Waals surface area contributed by atoms with Crippen molar-refractivity contribution < 1.29 is 28.4 Å². The number of nitrogens with one attached hydrogen (secondary N) is 1. The van der Waals surface area contributed by atoms with E-state index in [1.165, 1.54) is 0 Å². The zero-order chi connectivity index (χ0) is 24.5. The molecule has 2 aliphatic rings. The Labute approximate surface area is 204 Å². The minimum Gasteiger partial charge on any atom is -0.497 e. The fourth-order valence-corrected chi connectivity index (χ4v) is 4.55. The lowest BCUT2D eigenvalue weighted by atomic mass is 10.00. The predicted molar refractivity (Wildman–Crippen MR) is 131 cm³/mol. The maximum Gasteiger partial charge on any atom is 0.203 e. The quantitative estimate of drug-likeness (QED) is 0.525. The lowest BCUT2D eigenvalue weighted by molar-refractivity contribution is -0.0345. The summed E-state index contributed by atoms with van der Waals surface area (Å²) in [5.74, 6) is 3.80. The lowest BCUT2D eigenvalue weighted by Gasteiger charge is -2.39. The van der Waals surface area contributed by atoms with Crippen LogP contribution in [0.15, 0.2) is 60.7 Å². The molecule has 0 saturated heterocycles. The van der Waals surface area contributed by atoms with Crippen LogP contribution in [0.4, 0.5) is 0 Å². The van der Waals surface area contributed by atoms with E-state index in [0.29, 0.717) is 28.7 Å². The maximum absolute atomic E-state index is 6.58. The molecule has 3 aromatic rings. The van der Waals surface area contributed by atoms with Crippen LogP contribution in [0.5, 0.6) is 34.5 Å². The topological polar surface area (TPSA) is 70.7 Å². The molecule has 2 aliphatic heterocycles. The molecule has 8 heteroatoms. The molecule has 0 fully saturated rings. The van der Waals surface area contributed by atoms with Gasteiger partial charge in [-0.05, 0) is 54.1 Å². The van der Waals surface area contributed by atoms with Crippen molar-refractivity contribution in [2.45, 2.75) is 12.3 Å². The van der Waals surface area contributed by atoms with Crippen molar-refractivity contribution in [1.82, 2.24) is 10.4 Å². The Morgan fingerprint density at radius 2 is 1.46 bits per heavy atom. The van der Waals surface area contributed by atoms with Gasteiger partial charge in [0.05, 0.1) is 47.3 Å². The molecule has 35 heavy (non-hydrogen) atoms. The Morgan fingerprint density at radius 3 is 2.06 bits per heavy atom. The Morgan fingerprint density at radius 1 is 0.771 bits per heavy atom. The number of para-hydroxylation sites is 1. The van der Waals surface area contributed by atoms with E-state index >= 15 is 0 Å². The van der Waals surface area contributed by atoms with Crippen LogP contribution in [0.1, 0.15) is 29.0 Å². The molecule has 0 aliphatic carbocycles. The van der Waals surface area contributed by atoms with E-state index in [1.807, 2.05) is 48.5 Å². The molecular formula is C27H28N2O6. The molecule has 0 aromatic heterocycles. The van der Waals surface area contributed by atoms with Gasteiger partial charge in [0.15, 0.2) is 29.2 Å². The van der Waals surface area contributed by atoms with E-state index in [4.69, 9.17) is 28.4 Å². The van der Waals surface area contributed by atoms with Crippen molar-refractivity contribution in [3.8, 4) is 34.5 Å². The lowest BCUT2D eigenvalue weighted by Crippen LogP contribution is -2.43. The first-order valence-corrected chi connectivity index (χ1v) is 11.2. The van der Waals surface area contributed by atoms with Gasteiger partial charge in [0, 0.05) is 11.1 Å². The van der Waals surface area contributed by atoms with Crippen LogP contribution >= 0.6 is 0 Å². The van der Waals surface area contributed by atoms with E-state index in [-0.39, 0.29) is 6.04 Å². The number of hydrogen-bond acceptors (Lipinski definition) is 8. The van der Waals surface area contributed by atoms with E-state index in [0.717, 1.165) is 28.1 Å². The second-order valence-electron chi connectivity index (χ2n) is 8.08. The molecule has 1 N–H and O–H groups in total. The van der Waals surface area contributed by atoms with Crippen LogP contribution in [0.25, 0.3) is 5.70 Å². The Kier molecular flexibility index (Phi) is 6.05. The first-order chi connectivity index (χ1) is 17.1. The van der Waals surface area contributed by atoms with Gasteiger partial charge in [-0.1, -0.05) is 12.1 Å². The highest BCUT2D eigenvalue weighted by atomic mass is 16.5. The number of rotatable bonds is 7. The molecule has 8 nitrogen and oxygen atoms in total. The van der Waals surface area contributed by atoms with E-state index in [2.05, 4.69) is 22.6 Å². The average Bonchev–Trinajstić information content (AvgIpc) is 3.37. The van der Waals surface area contributed by atoms with Gasteiger partial charge in [-0.2, -0.15) is 5.01 Å². The third-order valence-corrected chi connectivity index (χ3v) is 6.28. The van der Waals surface area contributed by atoms with Gasteiger partial charge < -0.3 is 33.8 Å². The molecule has 0 spiro atoms. The fraction of sp³-hybridized carbons (Fsp3) is 0.259. The third-order valence-electron chi connectivity index (χ3n) is 6.28. The molecular weight excluding hydrogens is 448 g/mol. The zero-order valence-electron chi connectivity index (χ0n) is 20.3. The van der Waals surface area contributed by atoms with Crippen molar-refractivity contribution in [3.05, 3.63) is 77.4 Å². The molecule has 2 heterocycles. The van der Waals surface area contributed by atoms with Crippen LogP contribution in [0, 0.1) is 0 Å². The molecule has 2 unspecified atom stereocenters. The van der Waals surface area contributed by atoms with Crippen LogP contribution in [0.3, 0.4) is 0 Å².